The van der Waals surface area contributed by atoms with Crippen molar-refractivity contribution in [2.45, 2.75) is 33.4 Å². The first-order valence-electron chi connectivity index (χ1n) is 9.48. The van der Waals surface area contributed by atoms with Crippen LogP contribution < -0.4 is 19.5 Å². The number of amides is 1. The molecular weight excluding hydrogens is 386 g/mol. The molecule has 1 aromatic heterocycles. The highest BCUT2D eigenvalue weighted by Crippen LogP contribution is 2.31. The van der Waals surface area contributed by atoms with Gasteiger partial charge in [-0.05, 0) is 50.1 Å². The van der Waals surface area contributed by atoms with Crippen LogP contribution in [0.4, 0.5) is 0 Å². The minimum atomic E-state index is -0.672. The van der Waals surface area contributed by atoms with Crippen LogP contribution in [0.2, 0.25) is 0 Å². The second-order valence-electron chi connectivity index (χ2n) is 6.75. The first-order valence-corrected chi connectivity index (χ1v) is 9.48. The molecule has 1 heterocycles. The molecular formula is C22H25N3O5. The third-order valence-electron chi connectivity index (χ3n) is 4.76. The van der Waals surface area contributed by atoms with Crippen molar-refractivity contribution >= 4 is 5.91 Å². The number of methoxy groups -OCH3 is 2. The quantitative estimate of drug-likeness (QED) is 0.606. The van der Waals surface area contributed by atoms with Crippen LogP contribution in [-0.2, 0) is 11.3 Å². The maximum absolute atomic E-state index is 12.4. The molecule has 1 N–H and O–H groups in total. The van der Waals surface area contributed by atoms with Crippen LogP contribution in [0.5, 0.6) is 17.2 Å². The molecule has 0 radical (unpaired) electrons. The highest BCUT2D eigenvalue weighted by molar-refractivity contribution is 5.80. The highest BCUT2D eigenvalue weighted by Gasteiger charge is 2.18. The van der Waals surface area contributed by atoms with Crippen LogP contribution in [0.1, 0.15) is 23.9 Å². The Morgan fingerprint density at radius 1 is 1.13 bits per heavy atom. The van der Waals surface area contributed by atoms with Crippen molar-refractivity contribution in [3.05, 3.63) is 53.4 Å². The van der Waals surface area contributed by atoms with Gasteiger partial charge in [0.15, 0.2) is 6.10 Å². The number of rotatable bonds is 8. The van der Waals surface area contributed by atoms with Gasteiger partial charge in [-0.25, -0.2) is 0 Å². The molecule has 0 spiro atoms. The van der Waals surface area contributed by atoms with Crippen molar-refractivity contribution in [1.82, 2.24) is 15.5 Å². The number of ether oxygens (including phenoxy) is 3. The molecule has 8 heteroatoms. The van der Waals surface area contributed by atoms with Gasteiger partial charge < -0.3 is 24.1 Å². The lowest BCUT2D eigenvalue weighted by atomic mass is 10.1. The minimum Gasteiger partial charge on any atom is -0.497 e. The van der Waals surface area contributed by atoms with Gasteiger partial charge in [0.1, 0.15) is 17.2 Å². The van der Waals surface area contributed by atoms with Gasteiger partial charge in [0.25, 0.3) is 5.91 Å². The average molecular weight is 411 g/mol. The third-order valence-corrected chi connectivity index (χ3v) is 4.76. The predicted octanol–water partition coefficient (Wildman–Crippen LogP) is 3.45. The Morgan fingerprint density at radius 3 is 2.67 bits per heavy atom. The van der Waals surface area contributed by atoms with Crippen LogP contribution in [0.25, 0.3) is 11.4 Å². The Balaban J connectivity index is 1.62. The lowest BCUT2D eigenvalue weighted by molar-refractivity contribution is -0.127. The Hall–Kier alpha value is -3.55. The van der Waals surface area contributed by atoms with E-state index >= 15 is 0 Å². The second-order valence-corrected chi connectivity index (χ2v) is 6.75. The van der Waals surface area contributed by atoms with Crippen molar-refractivity contribution in [2.75, 3.05) is 14.2 Å². The molecule has 158 valence electrons. The average Bonchev–Trinajstić information content (AvgIpc) is 3.23. The van der Waals surface area contributed by atoms with E-state index in [1.807, 2.05) is 32.0 Å². The fourth-order valence-corrected chi connectivity index (χ4v) is 2.82. The number of nitrogens with zero attached hydrogens (tertiary/aromatic N) is 2. The summed E-state index contributed by atoms with van der Waals surface area (Å²) < 4.78 is 21.6. The molecule has 0 aliphatic heterocycles. The highest BCUT2D eigenvalue weighted by atomic mass is 16.5. The fourth-order valence-electron chi connectivity index (χ4n) is 2.82. The molecule has 1 amide bonds. The lowest BCUT2D eigenvalue weighted by Crippen LogP contribution is -2.36. The van der Waals surface area contributed by atoms with Gasteiger partial charge in [0.2, 0.25) is 11.7 Å². The number of aryl methyl sites for hydroxylation is 1. The van der Waals surface area contributed by atoms with E-state index in [0.717, 1.165) is 11.1 Å². The minimum absolute atomic E-state index is 0.0881. The van der Waals surface area contributed by atoms with E-state index in [9.17, 15) is 4.79 Å². The molecule has 0 saturated carbocycles. The molecule has 0 aliphatic carbocycles. The van der Waals surface area contributed by atoms with Gasteiger partial charge in [0, 0.05) is 6.07 Å². The molecule has 30 heavy (non-hydrogen) atoms. The van der Waals surface area contributed by atoms with Crippen molar-refractivity contribution in [3.63, 3.8) is 0 Å². The van der Waals surface area contributed by atoms with E-state index in [1.54, 1.807) is 39.3 Å². The second kappa shape index (κ2) is 9.30. The third kappa shape index (κ3) is 4.71. The Labute approximate surface area is 175 Å². The zero-order chi connectivity index (χ0) is 21.7. The zero-order valence-electron chi connectivity index (χ0n) is 17.7. The summed E-state index contributed by atoms with van der Waals surface area (Å²) in [6.45, 7) is 5.74. The Bertz CT molecular complexity index is 1030. The van der Waals surface area contributed by atoms with E-state index < -0.39 is 6.10 Å². The fraction of sp³-hybridized carbons (Fsp3) is 0.318. The Kier molecular flexibility index (Phi) is 6.56. The van der Waals surface area contributed by atoms with Crippen LogP contribution in [0, 0.1) is 13.8 Å². The van der Waals surface area contributed by atoms with E-state index in [1.165, 1.54) is 0 Å². The van der Waals surface area contributed by atoms with Gasteiger partial charge in [-0.1, -0.05) is 17.3 Å². The van der Waals surface area contributed by atoms with Gasteiger partial charge in [-0.3, -0.25) is 4.79 Å². The Morgan fingerprint density at radius 2 is 1.93 bits per heavy atom. The van der Waals surface area contributed by atoms with Crippen molar-refractivity contribution in [3.8, 4) is 28.6 Å². The summed E-state index contributed by atoms with van der Waals surface area (Å²) in [5.41, 5.74) is 2.77. The largest absolute Gasteiger partial charge is 0.497 e. The van der Waals surface area contributed by atoms with Gasteiger partial charge in [-0.15, -0.1) is 0 Å². The molecule has 0 aliphatic rings. The van der Waals surface area contributed by atoms with Crippen LogP contribution >= 0.6 is 0 Å². The van der Waals surface area contributed by atoms with Crippen LogP contribution in [0.3, 0.4) is 0 Å². The maximum atomic E-state index is 12.4. The molecule has 8 nitrogen and oxygen atoms in total. The van der Waals surface area contributed by atoms with Crippen LogP contribution in [-0.4, -0.2) is 36.4 Å². The molecule has 3 rings (SSSR count). The molecule has 2 aromatic carbocycles. The molecule has 1 unspecified atom stereocenters. The smallest absolute Gasteiger partial charge is 0.261 e. The lowest BCUT2D eigenvalue weighted by Gasteiger charge is -2.16. The predicted molar refractivity (Wildman–Crippen MR) is 111 cm³/mol. The summed E-state index contributed by atoms with van der Waals surface area (Å²) in [5, 5.41) is 6.73. The molecule has 0 bridgehead atoms. The summed E-state index contributed by atoms with van der Waals surface area (Å²) in [4.78, 5) is 16.7. The van der Waals surface area contributed by atoms with Crippen molar-refractivity contribution < 1.29 is 23.5 Å². The summed E-state index contributed by atoms with van der Waals surface area (Å²) in [6, 6.07) is 11.0. The van der Waals surface area contributed by atoms with E-state index in [0.29, 0.717) is 28.6 Å². The first kappa shape index (κ1) is 21.2. The number of aromatic nitrogens is 2. The molecule has 0 saturated heterocycles. The zero-order valence-corrected chi connectivity index (χ0v) is 17.7. The molecule has 3 aromatic rings. The normalized spacial score (nSPS) is 11.6. The van der Waals surface area contributed by atoms with E-state index in [2.05, 4.69) is 15.5 Å². The molecule has 1 atom stereocenters. The van der Waals surface area contributed by atoms with Crippen LogP contribution in [0.15, 0.2) is 40.9 Å². The number of carbonyl (C=O) groups is 1. The number of hydrogen-bond acceptors (Lipinski definition) is 7. The topological polar surface area (TPSA) is 95.7 Å². The first-order chi connectivity index (χ1) is 14.4. The number of nitrogens with one attached hydrogen (secondary N) is 1. The standard InChI is InChI=1S/C22H25N3O5/c1-13-7-6-8-18(14(13)2)29-15(3)22(26)23-12-20-24-21(25-30-20)17-10-9-16(27-4)11-19(17)28-5/h6-11,15H,12H2,1-5H3,(H,23,26). The summed E-state index contributed by atoms with van der Waals surface area (Å²) in [7, 11) is 3.13. The maximum Gasteiger partial charge on any atom is 0.261 e. The van der Waals surface area contributed by atoms with Gasteiger partial charge >= 0.3 is 0 Å². The van der Waals surface area contributed by atoms with Gasteiger partial charge in [-0.2, -0.15) is 4.98 Å². The number of carbonyl (C=O) groups excluding carboxylic acids is 1. The monoisotopic (exact) mass is 411 g/mol. The SMILES string of the molecule is COc1ccc(-c2noc(CNC(=O)C(C)Oc3cccc(C)c3C)n2)c(OC)c1. The van der Waals surface area contributed by atoms with E-state index in [-0.39, 0.29) is 18.3 Å². The van der Waals surface area contributed by atoms with Crippen molar-refractivity contribution in [1.29, 1.82) is 0 Å². The number of benzene rings is 2. The molecule has 0 fully saturated rings. The van der Waals surface area contributed by atoms with Gasteiger partial charge in [0.05, 0.1) is 26.3 Å². The summed E-state index contributed by atoms with van der Waals surface area (Å²) in [6.07, 6.45) is -0.672. The van der Waals surface area contributed by atoms with Crippen molar-refractivity contribution in [2.24, 2.45) is 0 Å². The number of hydrogen-bond donors (Lipinski definition) is 1. The van der Waals surface area contributed by atoms with E-state index in [4.69, 9.17) is 18.7 Å². The summed E-state index contributed by atoms with van der Waals surface area (Å²) >= 11 is 0. The summed E-state index contributed by atoms with van der Waals surface area (Å²) in [5.74, 6) is 2.25.